The summed E-state index contributed by atoms with van der Waals surface area (Å²) in [5.41, 5.74) is -5.45. The first-order valence-corrected chi connectivity index (χ1v) is 21.1. The lowest BCUT2D eigenvalue weighted by Gasteiger charge is -2.33. The van der Waals surface area contributed by atoms with Crippen molar-refractivity contribution >= 4 is 61.6 Å². The van der Waals surface area contributed by atoms with Crippen molar-refractivity contribution in [1.29, 1.82) is 0 Å². The van der Waals surface area contributed by atoms with Crippen molar-refractivity contribution in [3.8, 4) is 5.88 Å². The molecule has 0 aliphatic carbocycles. The van der Waals surface area contributed by atoms with E-state index >= 15 is 0 Å². The minimum atomic E-state index is -5.47. The first-order chi connectivity index (χ1) is 27.0. The number of rotatable bonds is 13. The van der Waals surface area contributed by atoms with Crippen molar-refractivity contribution in [1.82, 2.24) is 14.6 Å². The molecule has 58 heavy (non-hydrogen) atoms. The van der Waals surface area contributed by atoms with Gasteiger partial charge in [-0.15, -0.1) is 0 Å². The number of halogens is 5. The zero-order chi connectivity index (χ0) is 42.7. The Kier molecular flexibility index (Phi) is 13.7. The number of piperidine rings is 1. The van der Waals surface area contributed by atoms with E-state index in [-0.39, 0.29) is 31.8 Å². The molecular formula is C41H50Cl2F3N5O6S. The van der Waals surface area contributed by atoms with Gasteiger partial charge in [0.1, 0.15) is 16.8 Å². The Labute approximate surface area is 347 Å². The Bertz CT molecular complexity index is 2130. The van der Waals surface area contributed by atoms with Crippen LogP contribution in [-0.4, -0.2) is 77.8 Å². The predicted octanol–water partition coefficient (Wildman–Crippen LogP) is 9.45. The van der Waals surface area contributed by atoms with Crippen LogP contribution in [-0.2, 0) is 20.4 Å². The number of benzene rings is 3. The maximum atomic E-state index is 13.4. The van der Waals surface area contributed by atoms with E-state index in [1.807, 2.05) is 26.8 Å². The smallest absolute Gasteiger partial charge is 0.472 e. The molecule has 1 fully saturated rings. The lowest BCUT2D eigenvalue weighted by molar-refractivity contribution is -0.0494. The lowest BCUT2D eigenvalue weighted by Crippen LogP contribution is -2.47. The number of nitrogens with one attached hydrogen (secondary N) is 3. The third-order valence-electron chi connectivity index (χ3n) is 9.28. The molecular weight excluding hydrogens is 818 g/mol. The third kappa shape index (κ3) is 11.2. The molecule has 1 amide bonds. The van der Waals surface area contributed by atoms with Gasteiger partial charge in [-0.1, -0.05) is 47.5 Å². The lowest BCUT2D eigenvalue weighted by atomic mass is 9.79. The minimum absolute atomic E-state index is 0.0935. The molecule has 316 valence electrons. The van der Waals surface area contributed by atoms with E-state index in [1.165, 1.54) is 0 Å². The number of hydrogen-bond acceptors (Lipinski definition) is 9. The molecule has 4 N–H and O–H groups in total. The first-order valence-electron chi connectivity index (χ1n) is 18.9. The molecule has 2 heterocycles. The van der Waals surface area contributed by atoms with Crippen LogP contribution in [0.3, 0.4) is 0 Å². The van der Waals surface area contributed by atoms with Crippen molar-refractivity contribution in [3.05, 3.63) is 93.5 Å². The molecule has 1 aliphatic heterocycles. The summed E-state index contributed by atoms with van der Waals surface area (Å²) < 4.78 is 76.5. The van der Waals surface area contributed by atoms with E-state index in [9.17, 15) is 31.5 Å². The zero-order valence-corrected chi connectivity index (χ0v) is 35.6. The van der Waals surface area contributed by atoms with Crippen LogP contribution < -0.4 is 20.7 Å². The number of amides is 1. The number of pyridine rings is 1. The fourth-order valence-electron chi connectivity index (χ4n) is 6.60. The number of carbonyl (C=O) groups is 1. The molecule has 11 nitrogen and oxygen atoms in total. The summed E-state index contributed by atoms with van der Waals surface area (Å²) in [6, 6.07) is 18.5. The van der Waals surface area contributed by atoms with Crippen LogP contribution in [0.25, 0.3) is 10.9 Å². The molecule has 3 aromatic carbocycles. The number of alkyl carbamates (subject to hydrolysis) is 1. The van der Waals surface area contributed by atoms with Gasteiger partial charge in [-0.05, 0) is 120 Å². The number of carbonyl (C=O) groups excluding carboxylic acids is 1. The fourth-order valence-corrected chi connectivity index (χ4v) is 7.84. The normalized spacial score (nSPS) is 15.0. The molecule has 0 bridgehead atoms. The van der Waals surface area contributed by atoms with Gasteiger partial charge in [-0.2, -0.15) is 17.5 Å². The molecule has 1 aromatic heterocycles. The summed E-state index contributed by atoms with van der Waals surface area (Å²) in [5, 5.41) is 24.2. The van der Waals surface area contributed by atoms with E-state index in [0.717, 1.165) is 0 Å². The largest absolute Gasteiger partial charge is 0.511 e. The van der Waals surface area contributed by atoms with Crippen molar-refractivity contribution < 1.29 is 41.0 Å². The molecule has 0 unspecified atom stereocenters. The highest BCUT2D eigenvalue weighted by molar-refractivity contribution is 7.90. The first kappa shape index (κ1) is 45.1. The van der Waals surface area contributed by atoms with Crippen LogP contribution in [0.1, 0.15) is 83.9 Å². The molecule has 0 atom stereocenters. The highest BCUT2D eigenvalue weighted by Crippen LogP contribution is 2.43. The summed E-state index contributed by atoms with van der Waals surface area (Å²) in [6.07, 6.45) is 0.922. The number of alkyl halides is 3. The van der Waals surface area contributed by atoms with E-state index in [2.05, 4.69) is 16.0 Å². The molecule has 17 heteroatoms. The number of anilines is 2. The van der Waals surface area contributed by atoms with Gasteiger partial charge in [0.2, 0.25) is 5.88 Å². The van der Waals surface area contributed by atoms with Crippen molar-refractivity contribution in [2.45, 2.75) is 95.6 Å². The Hall–Kier alpha value is -4.02. The molecule has 5 rings (SSSR count). The van der Waals surface area contributed by atoms with Crippen molar-refractivity contribution in [3.63, 3.8) is 0 Å². The summed E-state index contributed by atoms with van der Waals surface area (Å²) in [7, 11) is -5.47. The second-order valence-electron chi connectivity index (χ2n) is 16.2. The number of unbranched alkanes of at least 4 members (excludes halogenated alkanes) is 1. The molecule has 1 aliphatic rings. The highest BCUT2D eigenvalue weighted by atomic mass is 35.5. The topological polar surface area (TPSA) is 142 Å². The zero-order valence-electron chi connectivity index (χ0n) is 33.3. The molecule has 1 saturated heterocycles. The van der Waals surface area contributed by atoms with Gasteiger partial charge in [0.05, 0.1) is 11.2 Å². The summed E-state index contributed by atoms with van der Waals surface area (Å²) in [4.78, 5) is 17.1. The fraction of sp³-hybridized carbons (Fsp3) is 0.463. The monoisotopic (exact) mass is 867 g/mol. The quantitative estimate of drug-likeness (QED) is 0.0764. The van der Waals surface area contributed by atoms with Gasteiger partial charge < -0.3 is 30.5 Å². The van der Waals surface area contributed by atoms with Gasteiger partial charge in [0.25, 0.3) is 0 Å². The Balaban J connectivity index is 1.59. The van der Waals surface area contributed by atoms with Crippen LogP contribution in [0.2, 0.25) is 10.0 Å². The van der Waals surface area contributed by atoms with Gasteiger partial charge in [0.15, 0.2) is 0 Å². The van der Waals surface area contributed by atoms with Crippen LogP contribution in [0.4, 0.5) is 29.3 Å². The van der Waals surface area contributed by atoms with Crippen LogP contribution >= 0.6 is 23.2 Å². The molecule has 0 saturated carbocycles. The summed E-state index contributed by atoms with van der Waals surface area (Å²) in [5.74, 6) is 0.266. The van der Waals surface area contributed by atoms with E-state index in [0.29, 0.717) is 79.2 Å². The second kappa shape index (κ2) is 17.7. The van der Waals surface area contributed by atoms with E-state index in [4.69, 9.17) is 37.7 Å². The maximum absolute atomic E-state index is 13.4. The number of aliphatic hydroxyl groups is 1. The molecule has 4 aromatic rings. The Morgan fingerprint density at radius 3 is 1.90 bits per heavy atom. The minimum Gasteiger partial charge on any atom is -0.472 e. The summed E-state index contributed by atoms with van der Waals surface area (Å²) in [6.45, 7) is 11.1. The Morgan fingerprint density at radius 1 is 0.828 bits per heavy atom. The predicted molar refractivity (Wildman–Crippen MR) is 222 cm³/mol. The number of fused-ring (bicyclic) bond motifs is 1. The maximum Gasteiger partial charge on any atom is 0.511 e. The number of sulfonamides is 1. The van der Waals surface area contributed by atoms with Gasteiger partial charge in [0, 0.05) is 59.4 Å². The molecule has 0 spiro atoms. The SMILES string of the molecule is CC(C)(C)OC(=O)NCCCCNc1cc(C(O)(c2ccc(Cl)cc2)c2ccc(Cl)cc2)cc2c(NC3CCN(S(=O)(=O)C(F)(F)F)CC3)cc(OC(C)(C)C)nc12. The molecule has 0 radical (unpaired) electrons. The average Bonchev–Trinajstić information content (AvgIpc) is 3.11. The number of nitrogens with zero attached hydrogens (tertiary/aromatic N) is 2. The van der Waals surface area contributed by atoms with Gasteiger partial charge >= 0.3 is 21.6 Å². The van der Waals surface area contributed by atoms with Crippen molar-refractivity contribution in [2.75, 3.05) is 36.8 Å². The van der Waals surface area contributed by atoms with Gasteiger partial charge in [-0.25, -0.2) is 18.2 Å². The van der Waals surface area contributed by atoms with E-state index in [1.54, 1.807) is 81.4 Å². The van der Waals surface area contributed by atoms with Gasteiger partial charge in [-0.3, -0.25) is 0 Å². The van der Waals surface area contributed by atoms with Crippen LogP contribution in [0, 0.1) is 0 Å². The standard InChI is InChI=1S/C41H50Cl2F3N5O6S/c1-38(2,3)56-35-25-33(49-31-17-21-51(22-18-31)58(54,55)41(44,45)46)32-23-28(40(53,26-9-13-29(42)14-10-26)27-11-15-30(43)16-12-27)24-34(36(32)50-35)47-19-7-8-20-48-37(52)57-39(4,5)6/h9-16,23-25,31,47,53H,7-8,17-22H2,1-6H3,(H,48,52)(H,49,50). The van der Waals surface area contributed by atoms with Crippen LogP contribution in [0.5, 0.6) is 5.88 Å². The van der Waals surface area contributed by atoms with Crippen LogP contribution in [0.15, 0.2) is 66.7 Å². The Morgan fingerprint density at radius 2 is 1.38 bits per heavy atom. The van der Waals surface area contributed by atoms with E-state index < -0.39 is 44.5 Å². The number of aromatic nitrogens is 1. The third-order valence-corrected chi connectivity index (χ3v) is 11.4. The average molecular weight is 869 g/mol. The summed E-state index contributed by atoms with van der Waals surface area (Å²) >= 11 is 12.6. The number of ether oxygens (including phenoxy) is 2. The number of hydrogen-bond donors (Lipinski definition) is 4. The van der Waals surface area contributed by atoms with Crippen molar-refractivity contribution in [2.24, 2.45) is 0 Å². The highest BCUT2D eigenvalue weighted by Gasteiger charge is 2.50. The second-order valence-corrected chi connectivity index (χ2v) is 19.0.